The summed E-state index contributed by atoms with van der Waals surface area (Å²) in [6.45, 7) is 4.89. The van der Waals surface area contributed by atoms with Crippen LogP contribution in [0.15, 0.2) is 24.3 Å². The number of hydrogen-bond donors (Lipinski definition) is 3. The maximum Gasteiger partial charge on any atom is 0.305 e. The molecule has 0 aromatic rings. The molecule has 0 saturated carbocycles. The van der Waals surface area contributed by atoms with Crippen molar-refractivity contribution in [1.82, 2.24) is 5.32 Å². The molecule has 6 nitrogen and oxygen atoms in total. The molecular formula is C57H109NO5. The smallest absolute Gasteiger partial charge is 0.305 e. The van der Waals surface area contributed by atoms with Gasteiger partial charge in [-0.05, 0) is 57.8 Å². The molecule has 372 valence electrons. The van der Waals surface area contributed by atoms with E-state index in [1.54, 1.807) is 6.08 Å². The van der Waals surface area contributed by atoms with Crippen LogP contribution in [0.1, 0.15) is 303 Å². The molecule has 2 atom stereocenters. The number of esters is 1. The highest BCUT2D eigenvalue weighted by Gasteiger charge is 2.18. The number of hydrogen-bond acceptors (Lipinski definition) is 5. The first-order chi connectivity index (χ1) is 31.0. The maximum absolute atomic E-state index is 12.4. The summed E-state index contributed by atoms with van der Waals surface area (Å²) in [7, 11) is 0. The standard InChI is InChI=1S/C57H109NO5/c1-3-5-7-9-11-13-15-17-18-24-27-31-35-39-43-47-51-57(62)63-52-48-44-40-36-32-28-25-22-20-19-21-23-26-30-34-38-42-46-50-56(61)58-54(53-59)55(60)49-45-41-37-33-29-16-14-12-10-8-6-4-2/h21,23,45,49,54-55,59-60H,3-20,22,24-44,46-48,50-53H2,1-2H3,(H,58,61)/b23-21-,49-45+. The number of unbranched alkanes of at least 4 members (excludes halogenated alkanes) is 39. The van der Waals surface area contributed by atoms with Crippen molar-refractivity contribution in [3.8, 4) is 0 Å². The molecule has 63 heavy (non-hydrogen) atoms. The lowest BCUT2D eigenvalue weighted by Crippen LogP contribution is -2.45. The first kappa shape index (κ1) is 61.3. The lowest BCUT2D eigenvalue weighted by atomic mass is 10.0. The summed E-state index contributed by atoms with van der Waals surface area (Å²) >= 11 is 0. The van der Waals surface area contributed by atoms with Crippen LogP contribution >= 0.6 is 0 Å². The Morgan fingerprint density at radius 3 is 1.13 bits per heavy atom. The minimum Gasteiger partial charge on any atom is -0.466 e. The van der Waals surface area contributed by atoms with Crippen LogP contribution in [0.3, 0.4) is 0 Å². The van der Waals surface area contributed by atoms with Gasteiger partial charge in [0.05, 0.1) is 25.4 Å². The van der Waals surface area contributed by atoms with E-state index in [2.05, 4.69) is 31.3 Å². The van der Waals surface area contributed by atoms with E-state index in [1.807, 2.05) is 6.08 Å². The van der Waals surface area contributed by atoms with Crippen molar-refractivity contribution in [2.45, 2.75) is 315 Å². The van der Waals surface area contributed by atoms with Gasteiger partial charge in [0.25, 0.3) is 0 Å². The van der Waals surface area contributed by atoms with Gasteiger partial charge in [-0.15, -0.1) is 0 Å². The number of carbonyl (C=O) groups excluding carboxylic acids is 2. The summed E-state index contributed by atoms with van der Waals surface area (Å²) in [6, 6.07) is -0.636. The predicted octanol–water partition coefficient (Wildman–Crippen LogP) is 17.1. The highest BCUT2D eigenvalue weighted by atomic mass is 16.5. The van der Waals surface area contributed by atoms with Gasteiger partial charge in [0.15, 0.2) is 0 Å². The summed E-state index contributed by atoms with van der Waals surface area (Å²) in [5.74, 6) is -0.0772. The number of carbonyl (C=O) groups is 2. The molecule has 6 heteroatoms. The monoisotopic (exact) mass is 888 g/mol. The summed E-state index contributed by atoms with van der Waals surface area (Å²) in [4.78, 5) is 24.5. The second-order valence-corrected chi connectivity index (χ2v) is 19.3. The second-order valence-electron chi connectivity index (χ2n) is 19.3. The molecular weight excluding hydrogens is 779 g/mol. The van der Waals surface area contributed by atoms with Crippen molar-refractivity contribution >= 4 is 11.9 Å². The Morgan fingerprint density at radius 1 is 0.429 bits per heavy atom. The van der Waals surface area contributed by atoms with Crippen LogP contribution < -0.4 is 5.32 Å². The van der Waals surface area contributed by atoms with Crippen molar-refractivity contribution in [3.63, 3.8) is 0 Å². The van der Waals surface area contributed by atoms with Gasteiger partial charge in [-0.2, -0.15) is 0 Å². The Labute approximate surface area is 392 Å². The number of rotatable bonds is 52. The van der Waals surface area contributed by atoms with E-state index in [-0.39, 0.29) is 18.5 Å². The third kappa shape index (κ3) is 49.6. The van der Waals surface area contributed by atoms with Crippen LogP contribution in [0.25, 0.3) is 0 Å². The van der Waals surface area contributed by atoms with Gasteiger partial charge in [-0.25, -0.2) is 0 Å². The van der Waals surface area contributed by atoms with Gasteiger partial charge in [-0.3, -0.25) is 9.59 Å². The van der Waals surface area contributed by atoms with Crippen LogP contribution in [0, 0.1) is 0 Å². The zero-order chi connectivity index (χ0) is 45.8. The SMILES string of the molecule is CCCCCCCCCCCC/C=C/C(O)C(CO)NC(=O)CCCCCCC/C=C\CCCCCCCCCCCOC(=O)CCCCCCCCCCCCCCCCCC. The second kappa shape index (κ2) is 53.0. The fourth-order valence-electron chi connectivity index (χ4n) is 8.63. The zero-order valence-electron chi connectivity index (χ0n) is 42.3. The fraction of sp³-hybridized carbons (Fsp3) is 0.895. The number of allylic oxidation sites excluding steroid dienone is 3. The van der Waals surface area contributed by atoms with Crippen molar-refractivity contribution in [1.29, 1.82) is 0 Å². The van der Waals surface area contributed by atoms with Gasteiger partial charge in [0.1, 0.15) is 0 Å². The highest BCUT2D eigenvalue weighted by molar-refractivity contribution is 5.76. The predicted molar refractivity (Wildman–Crippen MR) is 273 cm³/mol. The molecule has 0 radical (unpaired) electrons. The van der Waals surface area contributed by atoms with E-state index in [0.29, 0.717) is 19.4 Å². The Kier molecular flexibility index (Phi) is 51.6. The summed E-state index contributed by atoms with van der Waals surface area (Å²) < 4.78 is 5.48. The van der Waals surface area contributed by atoms with Crippen molar-refractivity contribution < 1.29 is 24.5 Å². The van der Waals surface area contributed by atoms with Crippen LogP contribution in [-0.2, 0) is 14.3 Å². The fourth-order valence-corrected chi connectivity index (χ4v) is 8.63. The molecule has 3 N–H and O–H groups in total. The number of nitrogens with one attached hydrogen (secondary N) is 1. The number of ether oxygens (including phenoxy) is 1. The number of aliphatic hydroxyl groups is 2. The van der Waals surface area contributed by atoms with Gasteiger partial charge in [0, 0.05) is 12.8 Å². The van der Waals surface area contributed by atoms with Crippen LogP contribution in [0.4, 0.5) is 0 Å². The molecule has 0 aliphatic rings. The minimum atomic E-state index is -0.851. The van der Waals surface area contributed by atoms with Gasteiger partial charge >= 0.3 is 5.97 Å². The van der Waals surface area contributed by atoms with E-state index in [1.165, 1.54) is 218 Å². The third-order valence-electron chi connectivity index (χ3n) is 13.0. The van der Waals surface area contributed by atoms with E-state index in [4.69, 9.17) is 4.74 Å². The molecule has 0 aliphatic heterocycles. The molecule has 0 heterocycles. The van der Waals surface area contributed by atoms with Crippen molar-refractivity contribution in [3.05, 3.63) is 24.3 Å². The van der Waals surface area contributed by atoms with Gasteiger partial charge < -0.3 is 20.3 Å². The first-order valence-corrected chi connectivity index (χ1v) is 28.1. The number of aliphatic hydroxyl groups excluding tert-OH is 2. The molecule has 0 spiro atoms. The normalized spacial score (nSPS) is 12.8. The molecule has 0 aromatic carbocycles. The van der Waals surface area contributed by atoms with Gasteiger partial charge in [-0.1, -0.05) is 256 Å². The molecule has 2 unspecified atom stereocenters. The molecule has 0 aliphatic carbocycles. The van der Waals surface area contributed by atoms with Gasteiger partial charge in [0.2, 0.25) is 5.91 Å². The number of amides is 1. The largest absolute Gasteiger partial charge is 0.466 e. The van der Waals surface area contributed by atoms with Crippen molar-refractivity contribution in [2.24, 2.45) is 0 Å². The molecule has 0 aromatic heterocycles. The summed E-state index contributed by atoms with van der Waals surface area (Å²) in [5, 5.41) is 23.0. The lowest BCUT2D eigenvalue weighted by Gasteiger charge is -2.20. The first-order valence-electron chi connectivity index (χ1n) is 28.1. The Morgan fingerprint density at radius 2 is 0.746 bits per heavy atom. The quantitative estimate of drug-likeness (QED) is 0.0321. The average molecular weight is 889 g/mol. The molecule has 0 bridgehead atoms. The average Bonchev–Trinajstić information content (AvgIpc) is 3.28. The molecule has 1 amide bonds. The lowest BCUT2D eigenvalue weighted by molar-refractivity contribution is -0.143. The van der Waals surface area contributed by atoms with E-state index >= 15 is 0 Å². The van der Waals surface area contributed by atoms with E-state index in [0.717, 1.165) is 57.8 Å². The Balaban J connectivity index is 3.44. The van der Waals surface area contributed by atoms with E-state index < -0.39 is 12.1 Å². The Bertz CT molecular complexity index is 982. The Hall–Kier alpha value is -1.66. The summed E-state index contributed by atoms with van der Waals surface area (Å²) in [5.41, 5.74) is 0. The third-order valence-corrected chi connectivity index (χ3v) is 13.0. The topological polar surface area (TPSA) is 95.9 Å². The molecule has 0 saturated heterocycles. The minimum absolute atomic E-state index is 0.00542. The van der Waals surface area contributed by atoms with E-state index in [9.17, 15) is 19.8 Å². The zero-order valence-corrected chi connectivity index (χ0v) is 42.3. The highest BCUT2D eigenvalue weighted by Crippen LogP contribution is 2.16. The van der Waals surface area contributed by atoms with Crippen LogP contribution in [0.5, 0.6) is 0 Å². The molecule has 0 rings (SSSR count). The van der Waals surface area contributed by atoms with Crippen LogP contribution in [0.2, 0.25) is 0 Å². The van der Waals surface area contributed by atoms with Crippen molar-refractivity contribution in [2.75, 3.05) is 13.2 Å². The molecule has 0 fully saturated rings. The maximum atomic E-state index is 12.4. The summed E-state index contributed by atoms with van der Waals surface area (Å²) in [6.07, 6.45) is 63.4. The van der Waals surface area contributed by atoms with Crippen LogP contribution in [-0.4, -0.2) is 47.4 Å².